The van der Waals surface area contributed by atoms with Crippen molar-refractivity contribution < 1.29 is 13.9 Å². The van der Waals surface area contributed by atoms with Crippen molar-refractivity contribution in [1.82, 2.24) is 19.7 Å². The molecule has 0 radical (unpaired) electrons. The molecule has 1 fully saturated rings. The highest BCUT2D eigenvalue weighted by molar-refractivity contribution is 6.42. The highest BCUT2D eigenvalue weighted by atomic mass is 35.5. The lowest BCUT2D eigenvalue weighted by atomic mass is 10.2. The molecule has 2 heterocycles. The van der Waals surface area contributed by atoms with Gasteiger partial charge in [0.2, 0.25) is 5.89 Å². The van der Waals surface area contributed by atoms with E-state index in [-0.39, 0.29) is 5.91 Å². The Hall–Kier alpha value is -1.64. The quantitative estimate of drug-likeness (QED) is 0.578. The summed E-state index contributed by atoms with van der Waals surface area (Å²) in [6, 6.07) is 5.66. The summed E-state index contributed by atoms with van der Waals surface area (Å²) in [5.74, 6) is 0.377. The predicted molar refractivity (Wildman–Crippen MR) is 117 cm³/mol. The van der Waals surface area contributed by atoms with Crippen LogP contribution in [0.25, 0.3) is 0 Å². The number of carbonyl (C=O) groups excluding carboxylic acids is 1. The lowest BCUT2D eigenvalue weighted by molar-refractivity contribution is 0.0320. The van der Waals surface area contributed by atoms with E-state index in [1.165, 1.54) is 6.26 Å². The zero-order valence-electron chi connectivity index (χ0n) is 17.4. The van der Waals surface area contributed by atoms with E-state index in [0.29, 0.717) is 41.3 Å². The Kier molecular flexibility index (Phi) is 8.53. The molecule has 3 rings (SSSR count). The number of ether oxygens (including phenoxy) is 1. The van der Waals surface area contributed by atoms with E-state index in [1.54, 1.807) is 11.9 Å². The molecule has 1 aliphatic heterocycles. The van der Waals surface area contributed by atoms with Gasteiger partial charge in [-0.3, -0.25) is 14.6 Å². The number of rotatable bonds is 9. The van der Waals surface area contributed by atoms with Crippen molar-refractivity contribution in [3.05, 3.63) is 51.7 Å². The Morgan fingerprint density at radius 2 is 1.97 bits per heavy atom. The van der Waals surface area contributed by atoms with Crippen LogP contribution in [-0.4, -0.2) is 78.6 Å². The maximum Gasteiger partial charge on any atom is 0.275 e. The largest absolute Gasteiger partial charge is 0.447 e. The summed E-state index contributed by atoms with van der Waals surface area (Å²) >= 11 is 12.2. The van der Waals surface area contributed by atoms with Gasteiger partial charge in [0.05, 0.1) is 29.8 Å². The monoisotopic (exact) mass is 454 g/mol. The third-order valence-electron chi connectivity index (χ3n) is 5.18. The molecule has 0 saturated carbocycles. The minimum atomic E-state index is -0.142. The standard InChI is InChI=1S/C21H28Cl2N4O3/c1-3-25(2)21(28)19-15-30-20(24-19)14-27(7-6-26-8-10-29-11-9-26)13-16-4-5-17(22)18(23)12-16/h4-5,12,15H,3,6-11,13-14H2,1-2H3. The van der Waals surface area contributed by atoms with Crippen molar-refractivity contribution >= 4 is 29.1 Å². The van der Waals surface area contributed by atoms with Crippen LogP contribution < -0.4 is 0 Å². The van der Waals surface area contributed by atoms with Gasteiger partial charge in [0.15, 0.2) is 5.69 Å². The van der Waals surface area contributed by atoms with E-state index in [0.717, 1.165) is 45.0 Å². The molecule has 2 aromatic rings. The number of halogens is 2. The normalized spacial score (nSPS) is 15.0. The lowest BCUT2D eigenvalue weighted by Gasteiger charge is -2.29. The third-order valence-corrected chi connectivity index (χ3v) is 5.92. The number of aromatic nitrogens is 1. The third kappa shape index (κ3) is 6.43. The molecule has 1 amide bonds. The molecule has 164 valence electrons. The molecule has 7 nitrogen and oxygen atoms in total. The molecule has 0 bridgehead atoms. The zero-order valence-corrected chi connectivity index (χ0v) is 19.0. The van der Waals surface area contributed by atoms with Crippen LogP contribution >= 0.6 is 23.2 Å². The van der Waals surface area contributed by atoms with Crippen LogP contribution in [-0.2, 0) is 17.8 Å². The highest BCUT2D eigenvalue weighted by Crippen LogP contribution is 2.23. The molecule has 0 aliphatic carbocycles. The fraction of sp³-hybridized carbons (Fsp3) is 0.524. The summed E-state index contributed by atoms with van der Waals surface area (Å²) in [4.78, 5) is 22.9. The van der Waals surface area contributed by atoms with Crippen LogP contribution in [0, 0.1) is 0 Å². The summed E-state index contributed by atoms with van der Waals surface area (Å²) in [5.41, 5.74) is 1.39. The average molecular weight is 455 g/mol. The molecular weight excluding hydrogens is 427 g/mol. The van der Waals surface area contributed by atoms with E-state index in [4.69, 9.17) is 32.4 Å². The first-order valence-corrected chi connectivity index (χ1v) is 10.9. The maximum atomic E-state index is 12.3. The van der Waals surface area contributed by atoms with Crippen molar-refractivity contribution in [2.45, 2.75) is 20.0 Å². The van der Waals surface area contributed by atoms with Crippen molar-refractivity contribution in [2.75, 3.05) is 53.0 Å². The first kappa shape index (κ1) is 23.0. The molecule has 1 aromatic carbocycles. The second-order valence-electron chi connectivity index (χ2n) is 7.36. The minimum Gasteiger partial charge on any atom is -0.447 e. The van der Waals surface area contributed by atoms with Crippen LogP contribution in [0.3, 0.4) is 0 Å². The first-order chi connectivity index (χ1) is 14.5. The Morgan fingerprint density at radius 1 is 1.20 bits per heavy atom. The van der Waals surface area contributed by atoms with Crippen molar-refractivity contribution in [3.8, 4) is 0 Å². The fourth-order valence-corrected chi connectivity index (χ4v) is 3.55. The second-order valence-corrected chi connectivity index (χ2v) is 8.17. The smallest absolute Gasteiger partial charge is 0.275 e. The van der Waals surface area contributed by atoms with Gasteiger partial charge in [-0.1, -0.05) is 29.3 Å². The number of oxazole rings is 1. The van der Waals surface area contributed by atoms with Crippen LogP contribution in [0.15, 0.2) is 28.9 Å². The number of carbonyl (C=O) groups is 1. The number of hydrogen-bond donors (Lipinski definition) is 0. The Bertz CT molecular complexity index is 839. The average Bonchev–Trinajstić information content (AvgIpc) is 3.22. The van der Waals surface area contributed by atoms with Crippen molar-refractivity contribution in [1.29, 1.82) is 0 Å². The van der Waals surface area contributed by atoms with Gasteiger partial charge in [0, 0.05) is 46.3 Å². The Labute approximate surface area is 187 Å². The van der Waals surface area contributed by atoms with Crippen molar-refractivity contribution in [3.63, 3.8) is 0 Å². The van der Waals surface area contributed by atoms with Gasteiger partial charge in [0.1, 0.15) is 6.26 Å². The van der Waals surface area contributed by atoms with Gasteiger partial charge >= 0.3 is 0 Å². The summed E-state index contributed by atoms with van der Waals surface area (Å²) in [7, 11) is 1.75. The maximum absolute atomic E-state index is 12.3. The second kappa shape index (κ2) is 11.1. The van der Waals surface area contributed by atoms with E-state index in [2.05, 4.69) is 14.8 Å². The summed E-state index contributed by atoms with van der Waals surface area (Å²) in [6.45, 7) is 8.83. The van der Waals surface area contributed by atoms with Gasteiger partial charge in [-0.15, -0.1) is 0 Å². The van der Waals surface area contributed by atoms with Gasteiger partial charge in [-0.05, 0) is 24.6 Å². The number of morpholine rings is 1. The Balaban J connectivity index is 1.68. The van der Waals surface area contributed by atoms with E-state index < -0.39 is 0 Å². The van der Waals surface area contributed by atoms with E-state index >= 15 is 0 Å². The molecule has 9 heteroatoms. The van der Waals surface area contributed by atoms with Crippen LogP contribution in [0.1, 0.15) is 28.9 Å². The molecule has 0 atom stereocenters. The summed E-state index contributed by atoms with van der Waals surface area (Å²) in [5, 5.41) is 1.07. The highest BCUT2D eigenvalue weighted by Gasteiger charge is 2.19. The molecule has 30 heavy (non-hydrogen) atoms. The lowest BCUT2D eigenvalue weighted by Crippen LogP contribution is -2.41. The Morgan fingerprint density at radius 3 is 2.67 bits per heavy atom. The van der Waals surface area contributed by atoms with Gasteiger partial charge in [-0.2, -0.15) is 0 Å². The summed E-state index contributed by atoms with van der Waals surface area (Å²) < 4.78 is 11.0. The van der Waals surface area contributed by atoms with E-state index in [9.17, 15) is 4.79 Å². The van der Waals surface area contributed by atoms with Crippen molar-refractivity contribution in [2.24, 2.45) is 0 Å². The topological polar surface area (TPSA) is 62.1 Å². The van der Waals surface area contributed by atoms with Crippen LogP contribution in [0.4, 0.5) is 0 Å². The molecule has 1 aromatic heterocycles. The fourth-order valence-electron chi connectivity index (χ4n) is 3.23. The zero-order chi connectivity index (χ0) is 21.5. The summed E-state index contributed by atoms with van der Waals surface area (Å²) in [6.07, 6.45) is 1.43. The number of benzene rings is 1. The molecule has 0 spiro atoms. The van der Waals surface area contributed by atoms with Gasteiger partial charge < -0.3 is 14.1 Å². The van der Waals surface area contributed by atoms with Gasteiger partial charge in [-0.25, -0.2) is 4.98 Å². The minimum absolute atomic E-state index is 0.142. The molecule has 0 N–H and O–H groups in total. The molecule has 0 unspecified atom stereocenters. The number of hydrogen-bond acceptors (Lipinski definition) is 6. The molecule has 1 saturated heterocycles. The number of amides is 1. The van der Waals surface area contributed by atoms with E-state index in [1.807, 2.05) is 25.1 Å². The first-order valence-electron chi connectivity index (χ1n) is 10.1. The molecule has 1 aliphatic rings. The van der Waals surface area contributed by atoms with Gasteiger partial charge in [0.25, 0.3) is 5.91 Å². The SMILES string of the molecule is CCN(C)C(=O)c1coc(CN(CCN2CCOCC2)Cc2ccc(Cl)c(Cl)c2)n1. The molecular formula is C21H28Cl2N4O3. The van der Waals surface area contributed by atoms with Crippen LogP contribution in [0.5, 0.6) is 0 Å². The number of nitrogens with zero attached hydrogens (tertiary/aromatic N) is 4. The predicted octanol–water partition coefficient (Wildman–Crippen LogP) is 3.41. The van der Waals surface area contributed by atoms with Crippen LogP contribution in [0.2, 0.25) is 10.0 Å².